The summed E-state index contributed by atoms with van der Waals surface area (Å²) >= 11 is 0. The third-order valence-corrected chi connectivity index (χ3v) is 4.11. The summed E-state index contributed by atoms with van der Waals surface area (Å²) in [6.07, 6.45) is 3.69. The molecule has 0 bridgehead atoms. The van der Waals surface area contributed by atoms with Gasteiger partial charge in [-0.15, -0.1) is 0 Å². The van der Waals surface area contributed by atoms with Crippen LogP contribution in [-0.2, 0) is 6.42 Å². The number of piperidine rings is 1. The van der Waals surface area contributed by atoms with Crippen LogP contribution in [0.15, 0.2) is 12.1 Å². The number of nitrogens with one attached hydrogen (secondary N) is 2. The molecule has 1 aromatic heterocycles. The molecule has 1 unspecified atom stereocenters. The quantitative estimate of drug-likeness (QED) is 0.851. The number of aromatic nitrogens is 2. The van der Waals surface area contributed by atoms with Crippen molar-refractivity contribution >= 4 is 11.0 Å². The summed E-state index contributed by atoms with van der Waals surface area (Å²) in [5.74, 6) is 1.88. The standard InChI is InChI=1S/C15H21N3/c1-10-5-6-13-15(11(10)2)18-14(17-13)8-12-4-3-7-16-9-12/h5-6,12,16H,3-4,7-9H2,1-2H3,(H,17,18). The third-order valence-electron chi connectivity index (χ3n) is 4.11. The van der Waals surface area contributed by atoms with Crippen LogP contribution in [-0.4, -0.2) is 23.1 Å². The van der Waals surface area contributed by atoms with E-state index in [1.54, 1.807) is 0 Å². The molecule has 2 N–H and O–H groups in total. The Labute approximate surface area is 108 Å². The Hall–Kier alpha value is -1.35. The molecule has 1 aromatic carbocycles. The molecule has 0 saturated carbocycles. The first kappa shape index (κ1) is 11.7. The van der Waals surface area contributed by atoms with Crippen LogP contribution in [0, 0.1) is 19.8 Å². The van der Waals surface area contributed by atoms with E-state index in [0.717, 1.165) is 30.2 Å². The lowest BCUT2D eigenvalue weighted by Crippen LogP contribution is -2.31. The molecular weight excluding hydrogens is 222 g/mol. The van der Waals surface area contributed by atoms with Gasteiger partial charge in [0.1, 0.15) is 5.82 Å². The van der Waals surface area contributed by atoms with E-state index < -0.39 is 0 Å². The van der Waals surface area contributed by atoms with Crippen LogP contribution < -0.4 is 5.32 Å². The minimum absolute atomic E-state index is 0.737. The van der Waals surface area contributed by atoms with Crippen molar-refractivity contribution in [2.75, 3.05) is 13.1 Å². The molecule has 1 aliphatic rings. The number of hydrogen-bond donors (Lipinski definition) is 2. The molecule has 1 saturated heterocycles. The molecule has 2 aromatic rings. The van der Waals surface area contributed by atoms with Gasteiger partial charge in [-0.3, -0.25) is 0 Å². The Kier molecular flexibility index (Phi) is 3.08. The zero-order chi connectivity index (χ0) is 12.5. The van der Waals surface area contributed by atoms with Gasteiger partial charge in [0.05, 0.1) is 11.0 Å². The lowest BCUT2D eigenvalue weighted by Gasteiger charge is -2.21. The van der Waals surface area contributed by atoms with Crippen LogP contribution in [0.3, 0.4) is 0 Å². The average Bonchev–Trinajstić information content (AvgIpc) is 2.79. The van der Waals surface area contributed by atoms with E-state index in [0.29, 0.717) is 0 Å². The predicted octanol–water partition coefficient (Wildman–Crippen LogP) is 2.72. The van der Waals surface area contributed by atoms with E-state index >= 15 is 0 Å². The number of imidazole rings is 1. The fourth-order valence-corrected chi connectivity index (χ4v) is 2.83. The van der Waals surface area contributed by atoms with E-state index in [1.807, 2.05) is 0 Å². The van der Waals surface area contributed by atoms with Gasteiger partial charge in [-0.2, -0.15) is 0 Å². The van der Waals surface area contributed by atoms with Gasteiger partial charge in [0, 0.05) is 6.42 Å². The molecular formula is C15H21N3. The van der Waals surface area contributed by atoms with E-state index in [9.17, 15) is 0 Å². The molecule has 1 atom stereocenters. The normalized spacial score (nSPS) is 20.4. The van der Waals surface area contributed by atoms with E-state index in [1.165, 1.54) is 36.0 Å². The molecule has 18 heavy (non-hydrogen) atoms. The summed E-state index contributed by atoms with van der Waals surface area (Å²) in [6.45, 7) is 6.61. The molecule has 3 rings (SSSR count). The number of aryl methyl sites for hydroxylation is 2. The second kappa shape index (κ2) is 4.73. The van der Waals surface area contributed by atoms with Gasteiger partial charge in [0.2, 0.25) is 0 Å². The molecule has 0 radical (unpaired) electrons. The molecule has 1 aliphatic heterocycles. The number of H-pyrrole nitrogens is 1. The minimum atomic E-state index is 0.737. The van der Waals surface area contributed by atoms with Crippen molar-refractivity contribution in [3.8, 4) is 0 Å². The van der Waals surface area contributed by atoms with Gasteiger partial charge >= 0.3 is 0 Å². The van der Waals surface area contributed by atoms with Crippen LogP contribution in [0.1, 0.15) is 29.8 Å². The Balaban J connectivity index is 1.86. The first-order chi connectivity index (χ1) is 8.74. The summed E-state index contributed by atoms with van der Waals surface area (Å²) in [7, 11) is 0. The number of aromatic amines is 1. The summed E-state index contributed by atoms with van der Waals surface area (Å²) < 4.78 is 0. The summed E-state index contributed by atoms with van der Waals surface area (Å²) in [6, 6.07) is 4.31. The second-order valence-electron chi connectivity index (χ2n) is 5.50. The first-order valence-corrected chi connectivity index (χ1v) is 6.89. The fraction of sp³-hybridized carbons (Fsp3) is 0.533. The van der Waals surface area contributed by atoms with Gasteiger partial charge < -0.3 is 10.3 Å². The van der Waals surface area contributed by atoms with Crippen molar-refractivity contribution < 1.29 is 0 Å². The molecule has 0 amide bonds. The number of hydrogen-bond acceptors (Lipinski definition) is 2. The van der Waals surface area contributed by atoms with Crippen LogP contribution in [0.2, 0.25) is 0 Å². The highest BCUT2D eigenvalue weighted by Gasteiger charge is 2.16. The predicted molar refractivity (Wildman–Crippen MR) is 74.9 cm³/mol. The van der Waals surface area contributed by atoms with Gasteiger partial charge in [-0.1, -0.05) is 6.07 Å². The number of nitrogens with zero attached hydrogens (tertiary/aromatic N) is 1. The van der Waals surface area contributed by atoms with Crippen LogP contribution >= 0.6 is 0 Å². The van der Waals surface area contributed by atoms with E-state index in [-0.39, 0.29) is 0 Å². The molecule has 3 heteroatoms. The smallest absolute Gasteiger partial charge is 0.107 e. The van der Waals surface area contributed by atoms with Crippen molar-refractivity contribution in [1.82, 2.24) is 15.3 Å². The Morgan fingerprint density at radius 2 is 2.22 bits per heavy atom. The van der Waals surface area contributed by atoms with Crippen LogP contribution in [0.5, 0.6) is 0 Å². The van der Waals surface area contributed by atoms with Crippen LogP contribution in [0.4, 0.5) is 0 Å². The highest BCUT2D eigenvalue weighted by atomic mass is 14.9. The highest BCUT2D eigenvalue weighted by Crippen LogP contribution is 2.21. The Morgan fingerprint density at radius 1 is 1.33 bits per heavy atom. The molecule has 0 aliphatic carbocycles. The topological polar surface area (TPSA) is 40.7 Å². The van der Waals surface area contributed by atoms with Crippen molar-refractivity contribution in [2.24, 2.45) is 5.92 Å². The molecule has 96 valence electrons. The number of benzene rings is 1. The largest absolute Gasteiger partial charge is 0.342 e. The highest BCUT2D eigenvalue weighted by molar-refractivity contribution is 5.79. The zero-order valence-electron chi connectivity index (χ0n) is 11.2. The molecule has 3 nitrogen and oxygen atoms in total. The monoisotopic (exact) mass is 243 g/mol. The SMILES string of the molecule is Cc1ccc2[nH]c(CC3CCCNC3)nc2c1C. The maximum absolute atomic E-state index is 4.78. The third kappa shape index (κ3) is 2.15. The summed E-state index contributed by atoms with van der Waals surface area (Å²) in [5.41, 5.74) is 4.95. The van der Waals surface area contributed by atoms with Crippen molar-refractivity contribution in [1.29, 1.82) is 0 Å². The lowest BCUT2D eigenvalue weighted by molar-refractivity contribution is 0.371. The van der Waals surface area contributed by atoms with Crippen LogP contribution in [0.25, 0.3) is 11.0 Å². The minimum Gasteiger partial charge on any atom is -0.342 e. The summed E-state index contributed by atoms with van der Waals surface area (Å²) in [4.78, 5) is 8.26. The maximum Gasteiger partial charge on any atom is 0.107 e. The van der Waals surface area contributed by atoms with E-state index in [4.69, 9.17) is 4.98 Å². The molecule has 0 spiro atoms. The van der Waals surface area contributed by atoms with Crippen molar-refractivity contribution in [3.63, 3.8) is 0 Å². The van der Waals surface area contributed by atoms with Gasteiger partial charge in [0.15, 0.2) is 0 Å². The van der Waals surface area contributed by atoms with Gasteiger partial charge in [0.25, 0.3) is 0 Å². The number of fused-ring (bicyclic) bond motifs is 1. The average molecular weight is 243 g/mol. The van der Waals surface area contributed by atoms with Crippen molar-refractivity contribution in [2.45, 2.75) is 33.1 Å². The molecule has 2 heterocycles. The lowest BCUT2D eigenvalue weighted by atomic mass is 9.96. The zero-order valence-corrected chi connectivity index (χ0v) is 11.2. The maximum atomic E-state index is 4.78. The second-order valence-corrected chi connectivity index (χ2v) is 5.50. The molecule has 1 fully saturated rings. The number of rotatable bonds is 2. The fourth-order valence-electron chi connectivity index (χ4n) is 2.83. The van der Waals surface area contributed by atoms with Gasteiger partial charge in [-0.05, 0) is 62.9 Å². The summed E-state index contributed by atoms with van der Waals surface area (Å²) in [5, 5.41) is 3.47. The van der Waals surface area contributed by atoms with Gasteiger partial charge in [-0.25, -0.2) is 4.98 Å². The first-order valence-electron chi connectivity index (χ1n) is 6.89. The van der Waals surface area contributed by atoms with E-state index in [2.05, 4.69) is 36.3 Å². The Bertz CT molecular complexity index is 550. The van der Waals surface area contributed by atoms with Crippen molar-refractivity contribution in [3.05, 3.63) is 29.1 Å². The Morgan fingerprint density at radius 3 is 3.00 bits per heavy atom.